The maximum Gasteiger partial charge on any atom is 0.298 e. The number of para-hydroxylation sites is 2. The predicted octanol–water partition coefficient (Wildman–Crippen LogP) is 2.37. The van der Waals surface area contributed by atoms with Crippen LogP contribution in [0.1, 0.15) is 20.3 Å². The molecule has 5 nitrogen and oxygen atoms in total. The Labute approximate surface area is 106 Å². The highest BCUT2D eigenvalue weighted by atomic mass is 16.4. The van der Waals surface area contributed by atoms with E-state index in [1.165, 1.54) is 0 Å². The highest BCUT2D eigenvalue weighted by Gasteiger charge is 2.16. The summed E-state index contributed by atoms with van der Waals surface area (Å²) in [6.07, 6.45) is 0.511. The molecule has 0 amide bonds. The van der Waals surface area contributed by atoms with E-state index in [9.17, 15) is 0 Å². The van der Waals surface area contributed by atoms with Crippen molar-refractivity contribution in [2.75, 3.05) is 11.4 Å². The van der Waals surface area contributed by atoms with Crippen LogP contribution in [-0.2, 0) is 0 Å². The Kier molecular flexibility index (Phi) is 3.50. The van der Waals surface area contributed by atoms with E-state index >= 15 is 0 Å². The molecule has 2 aromatic rings. The molecule has 96 valence electrons. The van der Waals surface area contributed by atoms with E-state index in [4.69, 9.17) is 15.6 Å². The van der Waals surface area contributed by atoms with E-state index in [0.717, 1.165) is 11.1 Å². The molecule has 18 heavy (non-hydrogen) atoms. The first-order valence-corrected chi connectivity index (χ1v) is 6.03. The summed E-state index contributed by atoms with van der Waals surface area (Å²) >= 11 is 0. The molecule has 0 fully saturated rings. The molecule has 0 unspecified atom stereocenters. The second-order valence-electron chi connectivity index (χ2n) is 4.53. The Morgan fingerprint density at radius 2 is 2.17 bits per heavy atom. The average Bonchev–Trinajstić information content (AvgIpc) is 2.71. The zero-order valence-electron chi connectivity index (χ0n) is 10.7. The van der Waals surface area contributed by atoms with Gasteiger partial charge in [-0.2, -0.15) is 4.98 Å². The minimum Gasteiger partial charge on any atom is -0.423 e. The fourth-order valence-corrected chi connectivity index (χ4v) is 1.80. The first-order valence-electron chi connectivity index (χ1n) is 6.03. The molecule has 0 atom stereocenters. The molecule has 3 N–H and O–H groups in total. The van der Waals surface area contributed by atoms with Gasteiger partial charge in [0, 0.05) is 19.0 Å². The van der Waals surface area contributed by atoms with Crippen LogP contribution in [0.5, 0.6) is 0 Å². The number of hydrogen-bond donors (Lipinski definition) is 2. The second-order valence-corrected chi connectivity index (χ2v) is 4.53. The number of nitrogens with zero attached hydrogens (tertiary/aromatic N) is 2. The van der Waals surface area contributed by atoms with Gasteiger partial charge in [-0.15, -0.1) is 0 Å². The van der Waals surface area contributed by atoms with E-state index in [-0.39, 0.29) is 11.9 Å². The summed E-state index contributed by atoms with van der Waals surface area (Å²) in [5.74, 6) is 0.178. The Balaban J connectivity index is 2.26. The standard InChI is InChI=1S/C13H18N4O/c1-9(2)17(8-7-12(14)15)13-16-10-5-3-4-6-11(10)18-13/h3-6,9H,7-8H2,1-2H3,(H3,14,15). The quantitative estimate of drug-likeness (QED) is 0.627. The molecule has 0 radical (unpaired) electrons. The van der Waals surface area contributed by atoms with Gasteiger partial charge < -0.3 is 15.1 Å². The van der Waals surface area contributed by atoms with Crippen LogP contribution in [0.2, 0.25) is 0 Å². The van der Waals surface area contributed by atoms with Gasteiger partial charge in [0.1, 0.15) is 5.52 Å². The number of rotatable bonds is 5. The number of aromatic nitrogens is 1. The molecule has 0 aliphatic heterocycles. The van der Waals surface area contributed by atoms with Gasteiger partial charge >= 0.3 is 0 Å². The van der Waals surface area contributed by atoms with E-state index in [0.29, 0.717) is 19.0 Å². The number of benzene rings is 1. The lowest BCUT2D eigenvalue weighted by Crippen LogP contribution is -2.34. The van der Waals surface area contributed by atoms with Crippen molar-refractivity contribution in [1.29, 1.82) is 5.41 Å². The Morgan fingerprint density at radius 3 is 2.78 bits per heavy atom. The zero-order chi connectivity index (χ0) is 13.1. The molecule has 0 bridgehead atoms. The molecule has 1 heterocycles. The van der Waals surface area contributed by atoms with Crippen LogP contribution < -0.4 is 10.6 Å². The first kappa shape index (κ1) is 12.4. The molecule has 1 aromatic carbocycles. The summed E-state index contributed by atoms with van der Waals surface area (Å²) in [4.78, 5) is 6.48. The van der Waals surface area contributed by atoms with Crippen molar-refractivity contribution in [2.45, 2.75) is 26.3 Å². The second kappa shape index (κ2) is 5.08. The van der Waals surface area contributed by atoms with Crippen molar-refractivity contribution < 1.29 is 4.42 Å². The molecule has 0 saturated carbocycles. The molecule has 0 aliphatic rings. The Morgan fingerprint density at radius 1 is 1.44 bits per heavy atom. The smallest absolute Gasteiger partial charge is 0.298 e. The highest BCUT2D eigenvalue weighted by molar-refractivity contribution is 5.77. The summed E-state index contributed by atoms with van der Waals surface area (Å²) in [7, 11) is 0. The number of oxazole rings is 1. The van der Waals surface area contributed by atoms with Crippen LogP contribution in [0, 0.1) is 5.41 Å². The summed E-state index contributed by atoms with van der Waals surface area (Å²) in [6, 6.07) is 8.52. The topological polar surface area (TPSA) is 79.1 Å². The molecule has 1 aromatic heterocycles. The summed E-state index contributed by atoms with van der Waals surface area (Å²) in [5.41, 5.74) is 7.03. The lowest BCUT2D eigenvalue weighted by atomic mass is 10.3. The number of hydrogen-bond acceptors (Lipinski definition) is 4. The van der Waals surface area contributed by atoms with Gasteiger partial charge in [-0.3, -0.25) is 5.41 Å². The largest absolute Gasteiger partial charge is 0.423 e. The van der Waals surface area contributed by atoms with Crippen molar-refractivity contribution in [2.24, 2.45) is 5.73 Å². The maximum absolute atomic E-state index is 7.30. The third-order valence-electron chi connectivity index (χ3n) is 2.77. The number of nitrogens with one attached hydrogen (secondary N) is 1. The van der Waals surface area contributed by atoms with Crippen molar-refractivity contribution in [3.8, 4) is 0 Å². The SMILES string of the molecule is CC(C)N(CCC(=N)N)c1nc2ccccc2o1. The molecular formula is C13H18N4O. The monoisotopic (exact) mass is 246 g/mol. The van der Waals surface area contributed by atoms with E-state index < -0.39 is 0 Å². The molecular weight excluding hydrogens is 228 g/mol. The fraction of sp³-hybridized carbons (Fsp3) is 0.385. The lowest BCUT2D eigenvalue weighted by Gasteiger charge is -2.24. The number of fused-ring (bicyclic) bond motifs is 1. The summed E-state index contributed by atoms with van der Waals surface area (Å²) in [6.45, 7) is 4.77. The summed E-state index contributed by atoms with van der Waals surface area (Å²) < 4.78 is 5.73. The van der Waals surface area contributed by atoms with Crippen LogP contribution in [0.25, 0.3) is 11.1 Å². The van der Waals surface area contributed by atoms with Crippen LogP contribution >= 0.6 is 0 Å². The molecule has 5 heteroatoms. The lowest BCUT2D eigenvalue weighted by molar-refractivity contribution is 0.540. The van der Waals surface area contributed by atoms with Gasteiger partial charge in [-0.1, -0.05) is 12.1 Å². The molecule has 0 spiro atoms. The van der Waals surface area contributed by atoms with Gasteiger partial charge in [0.2, 0.25) is 0 Å². The number of anilines is 1. The van der Waals surface area contributed by atoms with Crippen molar-refractivity contribution in [1.82, 2.24) is 4.98 Å². The molecule has 0 aliphatic carbocycles. The van der Waals surface area contributed by atoms with Crippen molar-refractivity contribution in [3.63, 3.8) is 0 Å². The minimum atomic E-state index is 0.178. The molecule has 2 rings (SSSR count). The Hall–Kier alpha value is -2.04. The molecule has 0 saturated heterocycles. The zero-order valence-corrected chi connectivity index (χ0v) is 10.7. The van der Waals surface area contributed by atoms with E-state index in [1.54, 1.807) is 0 Å². The number of nitrogens with two attached hydrogens (primary N) is 1. The minimum absolute atomic E-state index is 0.178. The van der Waals surface area contributed by atoms with Gasteiger partial charge in [0.05, 0.1) is 5.84 Å². The van der Waals surface area contributed by atoms with Crippen LogP contribution in [0.4, 0.5) is 6.01 Å². The van der Waals surface area contributed by atoms with E-state index in [1.807, 2.05) is 29.2 Å². The predicted molar refractivity (Wildman–Crippen MR) is 73.0 cm³/mol. The van der Waals surface area contributed by atoms with E-state index in [2.05, 4.69) is 18.8 Å². The van der Waals surface area contributed by atoms with Crippen LogP contribution in [-0.4, -0.2) is 23.4 Å². The van der Waals surface area contributed by atoms with Gasteiger partial charge in [-0.05, 0) is 26.0 Å². The van der Waals surface area contributed by atoms with Gasteiger partial charge in [0.15, 0.2) is 5.58 Å². The van der Waals surface area contributed by atoms with Crippen LogP contribution in [0.3, 0.4) is 0 Å². The van der Waals surface area contributed by atoms with Crippen molar-refractivity contribution >= 4 is 22.9 Å². The third kappa shape index (κ3) is 2.61. The average molecular weight is 246 g/mol. The highest BCUT2D eigenvalue weighted by Crippen LogP contribution is 2.23. The normalized spacial score (nSPS) is 11.1. The van der Waals surface area contributed by atoms with Gasteiger partial charge in [0.25, 0.3) is 6.01 Å². The van der Waals surface area contributed by atoms with Gasteiger partial charge in [-0.25, -0.2) is 0 Å². The third-order valence-corrected chi connectivity index (χ3v) is 2.77. The van der Waals surface area contributed by atoms with Crippen molar-refractivity contribution in [3.05, 3.63) is 24.3 Å². The van der Waals surface area contributed by atoms with Crippen LogP contribution in [0.15, 0.2) is 28.7 Å². The summed E-state index contributed by atoms with van der Waals surface area (Å²) in [5, 5.41) is 7.30. The fourth-order valence-electron chi connectivity index (χ4n) is 1.80. The maximum atomic E-state index is 7.30. The Bertz CT molecular complexity index is 514. The number of amidine groups is 1. The first-order chi connectivity index (χ1) is 8.58.